The van der Waals surface area contributed by atoms with Gasteiger partial charge in [-0.2, -0.15) is 0 Å². The van der Waals surface area contributed by atoms with Crippen molar-refractivity contribution < 1.29 is 18.3 Å². The van der Waals surface area contributed by atoms with Gasteiger partial charge in [-0.05, 0) is 40.8 Å². The van der Waals surface area contributed by atoms with Gasteiger partial charge in [-0.3, -0.25) is 4.79 Å². The number of nitrogen functional groups attached to an aromatic ring is 1. The summed E-state index contributed by atoms with van der Waals surface area (Å²) in [5.74, 6) is -1.61. The third kappa shape index (κ3) is 3.24. The molecule has 0 saturated heterocycles. The van der Waals surface area contributed by atoms with Gasteiger partial charge in [-0.1, -0.05) is 0 Å². The number of carbonyl (C=O) groups is 1. The van der Waals surface area contributed by atoms with Gasteiger partial charge in [-0.25, -0.2) is 8.78 Å². The molecule has 1 aliphatic rings. The third-order valence-corrected chi connectivity index (χ3v) is 4.29. The summed E-state index contributed by atoms with van der Waals surface area (Å²) in [7, 11) is 0. The van der Waals surface area contributed by atoms with Crippen LogP contribution in [0.1, 0.15) is 15.9 Å². The van der Waals surface area contributed by atoms with Crippen molar-refractivity contribution in [3.8, 4) is 5.75 Å². The van der Waals surface area contributed by atoms with Crippen LogP contribution in [0.25, 0.3) is 0 Å². The van der Waals surface area contributed by atoms with E-state index in [0.29, 0.717) is 11.3 Å². The maximum Gasteiger partial charge on any atom is 0.256 e. The van der Waals surface area contributed by atoms with E-state index in [1.54, 1.807) is 18.2 Å². The molecule has 0 aromatic heterocycles. The number of ether oxygens (including phenoxy) is 1. The van der Waals surface area contributed by atoms with E-state index in [0.717, 1.165) is 15.7 Å². The zero-order valence-corrected chi connectivity index (χ0v) is 14.1. The van der Waals surface area contributed by atoms with E-state index in [-0.39, 0.29) is 36.9 Å². The molecule has 2 aromatic rings. The van der Waals surface area contributed by atoms with Crippen molar-refractivity contribution >= 4 is 34.2 Å². The van der Waals surface area contributed by atoms with Crippen LogP contribution in [0.4, 0.5) is 14.5 Å². The van der Waals surface area contributed by atoms with E-state index in [4.69, 9.17) is 10.5 Å². The second-order valence-electron chi connectivity index (χ2n) is 5.17. The second-order valence-corrected chi connectivity index (χ2v) is 6.42. The van der Waals surface area contributed by atoms with E-state index in [9.17, 15) is 13.6 Å². The van der Waals surface area contributed by atoms with Crippen LogP contribution in [0.5, 0.6) is 5.75 Å². The Hall–Kier alpha value is -1.90. The molecule has 0 bridgehead atoms. The lowest BCUT2D eigenvalue weighted by atomic mass is 10.1. The Kier molecular flexibility index (Phi) is 4.38. The molecule has 4 nitrogen and oxygen atoms in total. The van der Waals surface area contributed by atoms with Crippen molar-refractivity contribution in [3.05, 3.63) is 56.7 Å². The minimum absolute atomic E-state index is 0.00566. The van der Waals surface area contributed by atoms with Gasteiger partial charge in [0.25, 0.3) is 5.91 Å². The predicted octanol–water partition coefficient (Wildman–Crippen LogP) is 3.19. The number of hydrogen-bond donors (Lipinski definition) is 1. The third-order valence-electron chi connectivity index (χ3n) is 3.62. The van der Waals surface area contributed by atoms with Gasteiger partial charge in [0.05, 0.1) is 18.7 Å². The molecular weight excluding hydrogens is 417 g/mol. The largest absolute Gasteiger partial charge is 0.491 e. The van der Waals surface area contributed by atoms with Crippen LogP contribution < -0.4 is 10.5 Å². The molecule has 0 spiro atoms. The second kappa shape index (κ2) is 6.31. The minimum atomic E-state index is -0.727. The molecule has 7 heteroatoms. The fraction of sp³-hybridized carbons (Fsp3) is 0.188. The first-order valence-electron chi connectivity index (χ1n) is 6.90. The van der Waals surface area contributed by atoms with Crippen molar-refractivity contribution in [1.29, 1.82) is 0 Å². The lowest BCUT2D eigenvalue weighted by molar-refractivity contribution is 0.0733. The topological polar surface area (TPSA) is 55.6 Å². The standard InChI is InChI=1S/C16H13F2IN2O2/c17-9-5-13(18)12-8-21(3-4-23-15(12)6-9)16(22)11-2-1-10(19)7-14(11)20/h1-2,5-7H,3-4,8,20H2. The van der Waals surface area contributed by atoms with E-state index in [1.807, 2.05) is 0 Å². The van der Waals surface area contributed by atoms with Crippen LogP contribution in [-0.2, 0) is 6.54 Å². The smallest absolute Gasteiger partial charge is 0.256 e. The van der Waals surface area contributed by atoms with Gasteiger partial charge in [0.2, 0.25) is 0 Å². The summed E-state index contributed by atoms with van der Waals surface area (Å²) in [4.78, 5) is 14.1. The monoisotopic (exact) mass is 430 g/mol. The fourth-order valence-electron chi connectivity index (χ4n) is 2.47. The highest BCUT2D eigenvalue weighted by Crippen LogP contribution is 2.28. The van der Waals surface area contributed by atoms with Crippen molar-refractivity contribution in [2.45, 2.75) is 6.54 Å². The molecule has 0 aliphatic carbocycles. The minimum Gasteiger partial charge on any atom is -0.491 e. The first kappa shape index (κ1) is 16.0. The molecule has 2 aromatic carbocycles. The Morgan fingerprint density at radius 2 is 2.04 bits per heavy atom. The fourth-order valence-corrected chi connectivity index (χ4v) is 2.99. The van der Waals surface area contributed by atoms with Crippen LogP contribution in [-0.4, -0.2) is 24.0 Å². The number of carbonyl (C=O) groups excluding carboxylic acids is 1. The number of fused-ring (bicyclic) bond motifs is 1. The summed E-state index contributed by atoms with van der Waals surface area (Å²) in [5, 5.41) is 0. The highest BCUT2D eigenvalue weighted by molar-refractivity contribution is 14.1. The summed E-state index contributed by atoms with van der Waals surface area (Å²) >= 11 is 2.10. The van der Waals surface area contributed by atoms with Gasteiger partial charge in [0.1, 0.15) is 24.0 Å². The molecule has 1 aliphatic heterocycles. The van der Waals surface area contributed by atoms with Gasteiger partial charge >= 0.3 is 0 Å². The lowest BCUT2D eigenvalue weighted by Crippen LogP contribution is -2.33. The molecule has 23 heavy (non-hydrogen) atoms. The molecule has 0 unspecified atom stereocenters. The number of hydrogen-bond acceptors (Lipinski definition) is 3. The van der Waals surface area contributed by atoms with Gasteiger partial charge in [0, 0.05) is 27.0 Å². The van der Waals surface area contributed by atoms with Gasteiger partial charge in [-0.15, -0.1) is 0 Å². The van der Waals surface area contributed by atoms with Crippen molar-refractivity contribution in [1.82, 2.24) is 4.90 Å². The maximum atomic E-state index is 14.0. The molecule has 1 heterocycles. The molecule has 0 fully saturated rings. The Balaban J connectivity index is 1.93. The Morgan fingerprint density at radius 3 is 2.78 bits per heavy atom. The highest BCUT2D eigenvalue weighted by Gasteiger charge is 2.25. The normalized spacial score (nSPS) is 14.0. The van der Waals surface area contributed by atoms with E-state index >= 15 is 0 Å². The maximum absolute atomic E-state index is 14.0. The van der Waals surface area contributed by atoms with Crippen LogP contribution in [0.2, 0.25) is 0 Å². The molecular formula is C16H13F2IN2O2. The van der Waals surface area contributed by atoms with Gasteiger partial charge in [0.15, 0.2) is 0 Å². The molecule has 3 rings (SSSR count). The number of amides is 1. The van der Waals surface area contributed by atoms with Crippen molar-refractivity contribution in [2.75, 3.05) is 18.9 Å². The predicted molar refractivity (Wildman–Crippen MR) is 90.2 cm³/mol. The van der Waals surface area contributed by atoms with Crippen LogP contribution >= 0.6 is 22.6 Å². The zero-order chi connectivity index (χ0) is 16.6. The zero-order valence-electron chi connectivity index (χ0n) is 12.0. The first-order valence-corrected chi connectivity index (χ1v) is 7.98. The lowest BCUT2D eigenvalue weighted by Gasteiger charge is -2.21. The van der Waals surface area contributed by atoms with Crippen LogP contribution in [0.15, 0.2) is 30.3 Å². The van der Waals surface area contributed by atoms with Crippen LogP contribution in [0, 0.1) is 15.2 Å². The van der Waals surface area contributed by atoms with E-state index in [2.05, 4.69) is 22.6 Å². The summed E-state index contributed by atoms with van der Waals surface area (Å²) in [6.07, 6.45) is 0. The number of benzene rings is 2. The molecule has 0 saturated carbocycles. The number of nitrogens with two attached hydrogens (primary N) is 1. The quantitative estimate of drug-likeness (QED) is 0.559. The van der Waals surface area contributed by atoms with Crippen molar-refractivity contribution in [2.24, 2.45) is 0 Å². The summed E-state index contributed by atoms with van der Waals surface area (Å²) in [5.41, 5.74) is 6.80. The first-order chi connectivity index (χ1) is 11.0. The van der Waals surface area contributed by atoms with Crippen molar-refractivity contribution in [3.63, 3.8) is 0 Å². The average molecular weight is 430 g/mol. The number of rotatable bonds is 1. The number of halogens is 3. The average Bonchev–Trinajstić information content (AvgIpc) is 2.69. The van der Waals surface area contributed by atoms with Crippen LogP contribution in [0.3, 0.4) is 0 Å². The molecule has 120 valence electrons. The number of nitrogens with zero attached hydrogens (tertiary/aromatic N) is 1. The summed E-state index contributed by atoms with van der Waals surface area (Å²) < 4.78 is 33.6. The highest BCUT2D eigenvalue weighted by atomic mass is 127. The molecule has 0 radical (unpaired) electrons. The molecule has 1 amide bonds. The Bertz CT molecular complexity index is 783. The van der Waals surface area contributed by atoms with E-state index < -0.39 is 11.6 Å². The SMILES string of the molecule is Nc1cc(I)ccc1C(=O)N1CCOc2cc(F)cc(F)c2C1. The summed E-state index contributed by atoms with van der Waals surface area (Å²) in [6, 6.07) is 7.04. The summed E-state index contributed by atoms with van der Waals surface area (Å²) in [6.45, 7) is 0.428. The Labute approximate surface area is 145 Å². The molecule has 0 atom stereocenters. The van der Waals surface area contributed by atoms with E-state index in [1.165, 1.54) is 4.90 Å². The number of anilines is 1. The Morgan fingerprint density at radius 1 is 1.26 bits per heavy atom. The van der Waals surface area contributed by atoms with Gasteiger partial charge < -0.3 is 15.4 Å². The molecule has 2 N–H and O–H groups in total.